The molecule has 308 valence electrons. The maximum Gasteiger partial charge on any atom is 0.122 e. The van der Waals surface area contributed by atoms with Crippen LogP contribution in [0.5, 0.6) is 0 Å². The second-order valence-corrected chi connectivity index (χ2v) is 36.3. The van der Waals surface area contributed by atoms with Gasteiger partial charge >= 0.3 is 0 Å². The predicted octanol–water partition coefficient (Wildman–Crippen LogP) is 14.8. The zero-order valence-electron chi connectivity index (χ0n) is 38.2. The summed E-state index contributed by atoms with van der Waals surface area (Å²) < 4.78 is 0. The molecule has 3 heteroatoms. The highest BCUT2D eigenvalue weighted by Gasteiger charge is 2.54. The second kappa shape index (κ2) is 18.0. The first-order valence-corrected chi connectivity index (χ1v) is 31.1. The van der Waals surface area contributed by atoms with Crippen molar-refractivity contribution in [3.63, 3.8) is 0 Å². The van der Waals surface area contributed by atoms with Gasteiger partial charge in [0.05, 0.1) is 8.07 Å². The second-order valence-electron chi connectivity index (χ2n) is 21.0. The highest BCUT2D eigenvalue weighted by molar-refractivity contribution is 7.06. The van der Waals surface area contributed by atoms with E-state index < -0.39 is 24.2 Å². The average molecular weight is 813 g/mol. The average Bonchev–Trinajstić information content (AvgIpc) is 3.51. The van der Waals surface area contributed by atoms with Crippen molar-refractivity contribution in [2.45, 2.75) is 191 Å². The van der Waals surface area contributed by atoms with Crippen LogP contribution in [0.4, 0.5) is 0 Å². The van der Waals surface area contributed by atoms with E-state index in [9.17, 15) is 0 Å². The maximum atomic E-state index is 2.67. The van der Waals surface area contributed by atoms with Crippen LogP contribution in [0.25, 0.3) is 11.1 Å². The molecule has 0 radical (unpaired) electrons. The molecule has 3 saturated carbocycles. The maximum absolute atomic E-state index is 2.67. The van der Waals surface area contributed by atoms with Crippen LogP contribution in [0.3, 0.4) is 0 Å². The van der Waals surface area contributed by atoms with Gasteiger partial charge < -0.3 is 0 Å². The molecule has 4 aromatic carbocycles. The van der Waals surface area contributed by atoms with Gasteiger partial charge in [-0.3, -0.25) is 0 Å². The fourth-order valence-corrected chi connectivity index (χ4v) is 28.8. The number of benzene rings is 4. The standard InChI is InChI=1S/C20H24Si.C20H26Si.C14H30Si/c1-20(14-8-3-9-15-20)21(2)18-12-6-4-10-16(18)17-11-5-7-13-19(17)21;1-20(16-10-5-11-17-20)21(2,18-12-6-3-7-13-18)19-14-8-4-9-15-19;1-12(2)15(6,13(3)4)14(5)10-8-7-9-11-14/h4-7,10-13H,3,8-9,14-15H2,1-2H3;3-4,6-9,12-15H,5,10-11,16-17H2,1-2H3;12-13H,7-11H2,1-6H3. The Hall–Kier alpha value is -2.47. The largest absolute Gasteiger partial charge is 0.122 e. The normalized spacial score (nSPS) is 20.6. The van der Waals surface area contributed by atoms with E-state index >= 15 is 0 Å². The van der Waals surface area contributed by atoms with E-state index in [1.54, 1.807) is 20.7 Å². The van der Waals surface area contributed by atoms with Crippen LogP contribution in [0.2, 0.25) is 45.8 Å². The summed E-state index contributed by atoms with van der Waals surface area (Å²) in [5.41, 5.74) is 4.91. The van der Waals surface area contributed by atoms with Crippen molar-refractivity contribution in [1.82, 2.24) is 0 Å². The molecule has 0 spiro atoms. The van der Waals surface area contributed by atoms with Crippen LogP contribution >= 0.6 is 0 Å². The fraction of sp³-hybridized carbons (Fsp3) is 0.556. The molecule has 0 saturated heterocycles. The minimum atomic E-state index is -1.73. The van der Waals surface area contributed by atoms with Crippen LogP contribution in [0, 0.1) is 0 Å². The van der Waals surface area contributed by atoms with Gasteiger partial charge in [-0.15, -0.1) is 0 Å². The summed E-state index contributed by atoms with van der Waals surface area (Å²) >= 11 is 0. The molecule has 57 heavy (non-hydrogen) atoms. The Morgan fingerprint density at radius 3 is 1.16 bits per heavy atom. The topological polar surface area (TPSA) is 0 Å². The summed E-state index contributed by atoms with van der Waals surface area (Å²) in [7, 11) is -4.50. The Kier molecular flexibility index (Phi) is 13.9. The van der Waals surface area contributed by atoms with Crippen LogP contribution < -0.4 is 20.7 Å². The summed E-state index contributed by atoms with van der Waals surface area (Å²) in [6.45, 7) is 25.6. The Morgan fingerprint density at radius 1 is 0.439 bits per heavy atom. The first kappa shape index (κ1) is 44.1. The highest BCUT2D eigenvalue weighted by Crippen LogP contribution is 2.58. The quantitative estimate of drug-likeness (QED) is 0.163. The smallest absolute Gasteiger partial charge is 0.0684 e. The van der Waals surface area contributed by atoms with E-state index in [1.807, 2.05) is 0 Å². The Morgan fingerprint density at radius 2 is 0.772 bits per heavy atom. The van der Waals surface area contributed by atoms with Crippen molar-refractivity contribution in [2.24, 2.45) is 0 Å². The lowest BCUT2D eigenvalue weighted by atomic mass is 9.90. The van der Waals surface area contributed by atoms with E-state index in [2.05, 4.69) is 177 Å². The van der Waals surface area contributed by atoms with Crippen molar-refractivity contribution >= 4 is 45.0 Å². The SMILES string of the molecule is CC(C)[Si](C)(C(C)C)C1(C)CCCCC1.CC1([Si](C)(c2ccccc2)c2ccccc2)CCCCC1.CC1([Si]2(C)c3ccccc3-c3ccccc32)CCCCC1. The van der Waals surface area contributed by atoms with Crippen molar-refractivity contribution in [3.05, 3.63) is 109 Å². The summed E-state index contributed by atoms with van der Waals surface area (Å²) in [6, 6.07) is 41.1. The molecule has 0 atom stereocenters. The molecule has 1 heterocycles. The summed E-state index contributed by atoms with van der Waals surface area (Å²) in [6.07, 6.45) is 21.6. The fourth-order valence-electron chi connectivity index (χ4n) is 13.1. The van der Waals surface area contributed by atoms with Crippen LogP contribution in [-0.4, -0.2) is 24.2 Å². The van der Waals surface area contributed by atoms with Gasteiger partial charge in [-0.1, -0.05) is 269 Å². The molecule has 1 aliphatic heterocycles. The van der Waals surface area contributed by atoms with Crippen molar-refractivity contribution in [1.29, 1.82) is 0 Å². The Balaban J connectivity index is 0.000000147. The molecule has 4 aromatic rings. The lowest BCUT2D eigenvalue weighted by Crippen LogP contribution is -2.63. The molecule has 0 unspecified atom stereocenters. The molecule has 0 nitrogen and oxygen atoms in total. The Bertz CT molecular complexity index is 1740. The molecular formula is C54H80Si3. The summed E-state index contributed by atoms with van der Waals surface area (Å²) in [4.78, 5) is 0. The van der Waals surface area contributed by atoms with Gasteiger partial charge in [-0.2, -0.15) is 0 Å². The molecular weight excluding hydrogens is 733 g/mol. The van der Waals surface area contributed by atoms with Crippen LogP contribution in [0.1, 0.15) is 145 Å². The molecule has 0 bridgehead atoms. The van der Waals surface area contributed by atoms with Gasteiger partial charge in [-0.25, -0.2) is 0 Å². The molecule has 0 amide bonds. The van der Waals surface area contributed by atoms with Crippen molar-refractivity contribution in [2.75, 3.05) is 0 Å². The molecule has 3 fully saturated rings. The number of fused-ring (bicyclic) bond motifs is 3. The minimum Gasteiger partial charge on any atom is -0.0684 e. The van der Waals surface area contributed by atoms with Gasteiger partial charge in [0.2, 0.25) is 0 Å². The number of rotatable bonds is 7. The van der Waals surface area contributed by atoms with Gasteiger partial charge in [0.15, 0.2) is 0 Å². The zero-order chi connectivity index (χ0) is 41.0. The zero-order valence-corrected chi connectivity index (χ0v) is 41.2. The van der Waals surface area contributed by atoms with Crippen LogP contribution in [-0.2, 0) is 0 Å². The third-order valence-electron chi connectivity index (χ3n) is 17.9. The summed E-state index contributed by atoms with van der Waals surface area (Å²) in [5, 5.41) is 8.29. The van der Waals surface area contributed by atoms with E-state index in [4.69, 9.17) is 0 Å². The first-order chi connectivity index (χ1) is 27.2. The third kappa shape index (κ3) is 8.09. The van der Waals surface area contributed by atoms with Crippen molar-refractivity contribution in [3.8, 4) is 11.1 Å². The predicted molar refractivity (Wildman–Crippen MR) is 263 cm³/mol. The lowest BCUT2D eigenvalue weighted by Gasteiger charge is -2.53. The van der Waals surface area contributed by atoms with Gasteiger partial charge in [0.1, 0.15) is 16.1 Å². The minimum absolute atomic E-state index is 0.480. The lowest BCUT2D eigenvalue weighted by molar-refractivity contribution is 0.378. The molecule has 0 aromatic heterocycles. The number of hydrogen-bond donors (Lipinski definition) is 0. The first-order valence-electron chi connectivity index (χ1n) is 23.5. The van der Waals surface area contributed by atoms with E-state index in [-0.39, 0.29) is 0 Å². The molecule has 3 aliphatic carbocycles. The molecule has 8 rings (SSSR count). The number of hydrogen-bond acceptors (Lipinski definition) is 0. The monoisotopic (exact) mass is 813 g/mol. The van der Waals surface area contributed by atoms with Crippen molar-refractivity contribution < 1.29 is 0 Å². The van der Waals surface area contributed by atoms with Gasteiger partial charge in [0.25, 0.3) is 0 Å². The molecule has 4 aliphatic rings. The van der Waals surface area contributed by atoms with E-state index in [1.165, 1.54) is 107 Å². The Labute approximate surface area is 354 Å². The highest BCUT2D eigenvalue weighted by atomic mass is 28.3. The molecule has 0 N–H and O–H groups in total. The third-order valence-corrected chi connectivity index (χ3v) is 37.6. The summed E-state index contributed by atoms with van der Waals surface area (Å²) in [5.74, 6) is 0. The van der Waals surface area contributed by atoms with Gasteiger partial charge in [0, 0.05) is 0 Å². The van der Waals surface area contributed by atoms with E-state index in [0.717, 1.165) is 11.1 Å². The van der Waals surface area contributed by atoms with E-state index in [0.29, 0.717) is 15.1 Å². The van der Waals surface area contributed by atoms with Gasteiger partial charge in [-0.05, 0) is 62.3 Å². The van der Waals surface area contributed by atoms with Crippen LogP contribution in [0.15, 0.2) is 109 Å².